The minimum absolute atomic E-state index is 0.0540. The van der Waals surface area contributed by atoms with Gasteiger partial charge < -0.3 is 19.8 Å². The van der Waals surface area contributed by atoms with Crippen LogP contribution >= 0.6 is 7.82 Å². The maximum atomic E-state index is 12.8. The van der Waals surface area contributed by atoms with Gasteiger partial charge >= 0.3 is 7.82 Å². The molecule has 0 fully saturated rings. The number of rotatable bonds is 33. The number of carbonyl (C=O) groups excluding carboxylic acids is 1. The van der Waals surface area contributed by atoms with Gasteiger partial charge in [-0.3, -0.25) is 13.8 Å². The summed E-state index contributed by atoms with van der Waals surface area (Å²) in [5, 5.41) is 13.7. The summed E-state index contributed by atoms with van der Waals surface area (Å²) in [6.45, 7) is 4.68. The van der Waals surface area contributed by atoms with Crippen LogP contribution in [0, 0.1) is 0 Å². The highest BCUT2D eigenvalue weighted by Gasteiger charge is 2.27. The number of carbonyl (C=O) groups is 1. The van der Waals surface area contributed by atoms with Crippen molar-refractivity contribution in [3.8, 4) is 0 Å². The highest BCUT2D eigenvalue weighted by molar-refractivity contribution is 7.47. The van der Waals surface area contributed by atoms with Crippen LogP contribution in [0.15, 0.2) is 36.5 Å². The standard InChI is InChI=1S/C38H73N2O6P/c1-6-8-10-12-14-16-18-19-20-22-24-26-28-30-32-38(42)39-36(35-46-47(43,44)45-34-33-40(3,4)5)37(41)31-29-27-25-23-21-17-15-13-11-9-7-2/h11,13,21,23,29,31,36-37,41H,6-10,12,14-20,22,24-28,30,32-35H2,1-5H3,(H-,39,42,43,44)/p+1/b13-11+,23-21+,31-29+. The van der Waals surface area contributed by atoms with Crippen LogP contribution in [-0.4, -0.2) is 73.4 Å². The van der Waals surface area contributed by atoms with Gasteiger partial charge in [0.15, 0.2) is 0 Å². The van der Waals surface area contributed by atoms with Gasteiger partial charge in [0.1, 0.15) is 13.2 Å². The van der Waals surface area contributed by atoms with Crippen molar-refractivity contribution in [1.82, 2.24) is 5.32 Å². The molecule has 9 heteroatoms. The third kappa shape index (κ3) is 33.0. The van der Waals surface area contributed by atoms with Crippen molar-refractivity contribution in [3.63, 3.8) is 0 Å². The lowest BCUT2D eigenvalue weighted by Crippen LogP contribution is -2.45. The van der Waals surface area contributed by atoms with E-state index in [0.717, 1.165) is 51.4 Å². The molecule has 0 spiro atoms. The largest absolute Gasteiger partial charge is 0.472 e. The van der Waals surface area contributed by atoms with E-state index in [9.17, 15) is 19.4 Å². The molecule has 0 aromatic heterocycles. The normalized spacial score (nSPS) is 15.1. The molecule has 3 unspecified atom stereocenters. The molecule has 0 saturated heterocycles. The van der Waals surface area contributed by atoms with E-state index in [1.54, 1.807) is 6.08 Å². The van der Waals surface area contributed by atoms with Crippen LogP contribution in [0.25, 0.3) is 0 Å². The summed E-state index contributed by atoms with van der Waals surface area (Å²) in [6.07, 6.45) is 35.0. The summed E-state index contributed by atoms with van der Waals surface area (Å²) in [7, 11) is 1.54. The third-order valence-corrected chi connectivity index (χ3v) is 9.06. The molecule has 0 saturated carbocycles. The van der Waals surface area contributed by atoms with Crippen LogP contribution in [0.5, 0.6) is 0 Å². The van der Waals surface area contributed by atoms with Gasteiger partial charge in [-0.1, -0.05) is 140 Å². The molecule has 47 heavy (non-hydrogen) atoms. The Kier molecular flexibility index (Phi) is 29.9. The highest BCUT2D eigenvalue weighted by Crippen LogP contribution is 2.43. The van der Waals surface area contributed by atoms with Crippen molar-refractivity contribution in [1.29, 1.82) is 0 Å². The first kappa shape index (κ1) is 45.7. The lowest BCUT2D eigenvalue weighted by atomic mass is 10.0. The molecule has 0 aliphatic heterocycles. The van der Waals surface area contributed by atoms with Gasteiger partial charge in [-0.05, 0) is 38.5 Å². The monoisotopic (exact) mass is 686 g/mol. The lowest BCUT2D eigenvalue weighted by molar-refractivity contribution is -0.870. The number of phosphoric ester groups is 1. The van der Waals surface area contributed by atoms with Crippen LogP contribution in [0.3, 0.4) is 0 Å². The predicted molar refractivity (Wildman–Crippen MR) is 198 cm³/mol. The molecule has 0 radical (unpaired) electrons. The molecule has 0 aromatic rings. The number of hydrogen-bond donors (Lipinski definition) is 3. The molecule has 0 rings (SSSR count). The molecule has 0 bridgehead atoms. The molecule has 3 atom stereocenters. The number of quaternary nitrogens is 1. The first-order valence-electron chi connectivity index (χ1n) is 18.9. The van der Waals surface area contributed by atoms with Crippen LogP contribution in [0.4, 0.5) is 0 Å². The number of likely N-dealkylation sites (N-methyl/N-ethyl adjacent to an activating group) is 1. The topological polar surface area (TPSA) is 105 Å². The van der Waals surface area contributed by atoms with Crippen LogP contribution in [0.1, 0.15) is 149 Å². The van der Waals surface area contributed by atoms with Crippen LogP contribution < -0.4 is 5.32 Å². The van der Waals surface area contributed by atoms with Gasteiger partial charge in [0, 0.05) is 6.42 Å². The van der Waals surface area contributed by atoms with Gasteiger partial charge in [-0.2, -0.15) is 0 Å². The Balaban J connectivity index is 4.57. The van der Waals surface area contributed by atoms with Gasteiger partial charge in [0.2, 0.25) is 5.91 Å². The lowest BCUT2D eigenvalue weighted by Gasteiger charge is -2.25. The minimum Gasteiger partial charge on any atom is -0.387 e. The summed E-state index contributed by atoms with van der Waals surface area (Å²) in [5.74, 6) is -0.195. The Morgan fingerprint density at radius 1 is 0.702 bits per heavy atom. The SMILES string of the molecule is CCC/C=C/CC/C=C/CC/C=C/C(O)C(COP(=O)(O)OCC[N+](C)(C)C)NC(=O)CCCCCCCCCCCCCCCC. The molecular formula is C38H74N2O6P+. The second kappa shape index (κ2) is 30.8. The maximum absolute atomic E-state index is 12.8. The van der Waals surface area contributed by atoms with Crippen molar-refractivity contribution in [2.45, 2.75) is 161 Å². The van der Waals surface area contributed by atoms with E-state index < -0.39 is 20.0 Å². The van der Waals surface area contributed by atoms with Crippen LogP contribution in [0.2, 0.25) is 0 Å². The summed E-state index contributed by atoms with van der Waals surface area (Å²) in [6, 6.07) is -0.863. The molecule has 0 heterocycles. The zero-order valence-corrected chi connectivity index (χ0v) is 31.9. The fourth-order valence-electron chi connectivity index (χ4n) is 5.02. The van der Waals surface area contributed by atoms with E-state index in [1.165, 1.54) is 77.0 Å². The summed E-state index contributed by atoms with van der Waals surface area (Å²) < 4.78 is 23.4. The number of amides is 1. The predicted octanol–water partition coefficient (Wildman–Crippen LogP) is 9.57. The number of nitrogens with one attached hydrogen (secondary N) is 1. The number of aliphatic hydroxyl groups is 1. The Morgan fingerprint density at radius 2 is 1.17 bits per heavy atom. The number of hydrogen-bond acceptors (Lipinski definition) is 5. The zero-order valence-electron chi connectivity index (χ0n) is 31.0. The van der Waals surface area contributed by atoms with Gasteiger partial charge in [-0.15, -0.1) is 0 Å². The highest BCUT2D eigenvalue weighted by atomic mass is 31.2. The molecule has 0 aliphatic carbocycles. The first-order valence-corrected chi connectivity index (χ1v) is 20.4. The molecule has 0 aromatic carbocycles. The van der Waals surface area contributed by atoms with Crippen LogP contribution in [-0.2, 0) is 18.4 Å². The molecule has 3 N–H and O–H groups in total. The van der Waals surface area contributed by atoms with E-state index >= 15 is 0 Å². The quantitative estimate of drug-likeness (QED) is 0.0275. The molecular weight excluding hydrogens is 611 g/mol. The van der Waals surface area contributed by atoms with Gasteiger partial charge in [-0.25, -0.2) is 4.57 Å². The van der Waals surface area contributed by atoms with E-state index in [0.29, 0.717) is 17.4 Å². The van der Waals surface area contributed by atoms with Crippen molar-refractivity contribution in [2.75, 3.05) is 40.9 Å². The fraction of sp³-hybridized carbons (Fsp3) is 0.816. The third-order valence-electron chi connectivity index (χ3n) is 8.07. The molecule has 276 valence electrons. The second-order valence-electron chi connectivity index (χ2n) is 13.9. The molecule has 8 nitrogen and oxygen atoms in total. The second-order valence-corrected chi connectivity index (χ2v) is 15.4. The van der Waals surface area contributed by atoms with Gasteiger partial charge in [0.05, 0.1) is 39.9 Å². The zero-order chi connectivity index (χ0) is 35.1. The summed E-state index contributed by atoms with van der Waals surface area (Å²) >= 11 is 0. The Hall–Kier alpha value is -1.28. The smallest absolute Gasteiger partial charge is 0.387 e. The number of aliphatic hydroxyl groups excluding tert-OH is 1. The Labute approximate surface area is 289 Å². The Bertz CT molecular complexity index is 871. The van der Waals surface area contributed by atoms with E-state index in [2.05, 4.69) is 43.5 Å². The number of unbranched alkanes of at least 4 members (excludes halogenated alkanes) is 16. The molecule has 0 aliphatic rings. The maximum Gasteiger partial charge on any atom is 0.472 e. The average molecular weight is 686 g/mol. The molecule has 1 amide bonds. The van der Waals surface area contributed by atoms with E-state index in [4.69, 9.17) is 9.05 Å². The average Bonchev–Trinajstić information content (AvgIpc) is 3.01. The van der Waals surface area contributed by atoms with Crippen molar-refractivity contribution < 1.29 is 32.9 Å². The number of nitrogens with zero attached hydrogens (tertiary/aromatic N) is 1. The Morgan fingerprint density at radius 3 is 1.66 bits per heavy atom. The van der Waals surface area contributed by atoms with E-state index in [-0.39, 0.29) is 19.1 Å². The number of phosphoric acid groups is 1. The summed E-state index contributed by atoms with van der Waals surface area (Å²) in [4.78, 5) is 22.9. The van der Waals surface area contributed by atoms with E-state index in [1.807, 2.05) is 27.2 Å². The fourth-order valence-corrected chi connectivity index (χ4v) is 5.76. The van der Waals surface area contributed by atoms with Gasteiger partial charge in [0.25, 0.3) is 0 Å². The summed E-state index contributed by atoms with van der Waals surface area (Å²) in [5.41, 5.74) is 0. The number of allylic oxidation sites excluding steroid dienone is 5. The van der Waals surface area contributed by atoms with Crippen molar-refractivity contribution in [2.24, 2.45) is 0 Å². The van der Waals surface area contributed by atoms with Crippen molar-refractivity contribution >= 4 is 13.7 Å². The minimum atomic E-state index is -4.34. The van der Waals surface area contributed by atoms with Crippen molar-refractivity contribution in [3.05, 3.63) is 36.5 Å². The first-order chi connectivity index (χ1) is 22.5.